The molecular formula is C11H9F6NO. The van der Waals surface area contributed by atoms with E-state index < -0.39 is 47.8 Å². The summed E-state index contributed by atoms with van der Waals surface area (Å²) >= 11 is 0. The summed E-state index contributed by atoms with van der Waals surface area (Å²) in [4.78, 5) is 11.1. The van der Waals surface area contributed by atoms with Gasteiger partial charge in [0.15, 0.2) is 0 Å². The van der Waals surface area contributed by atoms with Crippen LogP contribution in [0.5, 0.6) is 0 Å². The Labute approximate surface area is 104 Å². The first-order valence-corrected chi connectivity index (χ1v) is 5.03. The van der Waals surface area contributed by atoms with Crippen molar-refractivity contribution in [2.75, 3.05) is 0 Å². The second-order valence-corrected chi connectivity index (χ2v) is 3.90. The van der Waals surface area contributed by atoms with Crippen molar-refractivity contribution in [3.8, 4) is 0 Å². The molecule has 1 amide bonds. The van der Waals surface area contributed by atoms with Crippen molar-refractivity contribution in [3.63, 3.8) is 0 Å². The van der Waals surface area contributed by atoms with E-state index in [4.69, 9.17) is 5.73 Å². The van der Waals surface area contributed by atoms with E-state index in [-0.39, 0.29) is 0 Å². The number of rotatable bonds is 3. The van der Waals surface area contributed by atoms with Crippen molar-refractivity contribution in [1.29, 1.82) is 0 Å². The first-order valence-electron chi connectivity index (χ1n) is 5.03. The molecule has 0 unspecified atom stereocenters. The van der Waals surface area contributed by atoms with Gasteiger partial charge in [0, 0.05) is 5.56 Å². The van der Waals surface area contributed by atoms with Gasteiger partial charge >= 0.3 is 12.4 Å². The number of primary amides is 1. The zero-order chi connectivity index (χ0) is 14.8. The largest absolute Gasteiger partial charge is 0.393 e. The third kappa shape index (κ3) is 4.80. The molecule has 0 aliphatic rings. The Kier molecular flexibility index (Phi) is 4.12. The van der Waals surface area contributed by atoms with E-state index in [9.17, 15) is 31.1 Å². The third-order valence-corrected chi connectivity index (χ3v) is 2.27. The van der Waals surface area contributed by atoms with E-state index in [1.165, 1.54) is 0 Å². The highest BCUT2D eigenvalue weighted by molar-refractivity contribution is 5.96. The molecule has 0 spiro atoms. The van der Waals surface area contributed by atoms with Crippen LogP contribution >= 0.6 is 0 Å². The number of carbonyl (C=O) groups is 1. The number of hydrogen-bond acceptors (Lipinski definition) is 1. The Morgan fingerprint density at radius 3 is 1.58 bits per heavy atom. The first kappa shape index (κ1) is 15.3. The van der Waals surface area contributed by atoms with Crippen LogP contribution in [0.15, 0.2) is 18.2 Å². The molecule has 0 atom stereocenters. The topological polar surface area (TPSA) is 43.1 Å². The van der Waals surface area contributed by atoms with Crippen molar-refractivity contribution < 1.29 is 31.1 Å². The molecule has 0 fully saturated rings. The van der Waals surface area contributed by atoms with E-state index in [0.717, 1.165) is 18.2 Å². The predicted molar refractivity (Wildman–Crippen MR) is 54.5 cm³/mol. The molecule has 106 valence electrons. The summed E-state index contributed by atoms with van der Waals surface area (Å²) in [5, 5.41) is 0. The van der Waals surface area contributed by atoms with Crippen LogP contribution in [0, 0.1) is 0 Å². The van der Waals surface area contributed by atoms with Gasteiger partial charge in [0.25, 0.3) is 0 Å². The molecule has 0 aliphatic carbocycles. The maximum atomic E-state index is 12.3. The van der Waals surface area contributed by atoms with Gasteiger partial charge < -0.3 is 5.73 Å². The van der Waals surface area contributed by atoms with Crippen molar-refractivity contribution in [3.05, 3.63) is 34.9 Å². The molecule has 0 aliphatic heterocycles. The Hall–Kier alpha value is -1.73. The molecule has 8 heteroatoms. The predicted octanol–water partition coefficient (Wildman–Crippen LogP) is 3.00. The van der Waals surface area contributed by atoms with Crippen molar-refractivity contribution in [2.45, 2.75) is 25.2 Å². The van der Waals surface area contributed by atoms with Gasteiger partial charge in [-0.05, 0) is 11.1 Å². The number of hydrogen-bond donors (Lipinski definition) is 1. The van der Waals surface area contributed by atoms with Gasteiger partial charge in [0.2, 0.25) is 5.91 Å². The van der Waals surface area contributed by atoms with Crippen molar-refractivity contribution in [2.24, 2.45) is 5.73 Å². The lowest BCUT2D eigenvalue weighted by Crippen LogP contribution is -2.23. The number of halogens is 6. The van der Waals surface area contributed by atoms with Gasteiger partial charge in [0.05, 0.1) is 12.8 Å². The van der Waals surface area contributed by atoms with Gasteiger partial charge in [-0.3, -0.25) is 4.79 Å². The van der Waals surface area contributed by atoms with Crippen LogP contribution in [0.25, 0.3) is 0 Å². The summed E-state index contributed by atoms with van der Waals surface area (Å²) in [5.41, 5.74) is 3.06. The zero-order valence-corrected chi connectivity index (χ0v) is 9.40. The van der Waals surface area contributed by atoms with Crippen LogP contribution in [0.1, 0.15) is 21.5 Å². The molecule has 1 aromatic rings. The zero-order valence-electron chi connectivity index (χ0n) is 9.40. The quantitative estimate of drug-likeness (QED) is 0.852. The maximum Gasteiger partial charge on any atom is 0.393 e. The standard InChI is InChI=1S/C11H9F6NO/c12-10(13,14)4-6-2-1-3-7(5-11(15,16)17)8(6)9(18)19/h1-3H,4-5H2,(H2,18,19). The highest BCUT2D eigenvalue weighted by Crippen LogP contribution is 2.28. The van der Waals surface area contributed by atoms with Crippen LogP contribution < -0.4 is 5.73 Å². The number of nitrogens with two attached hydrogens (primary N) is 1. The number of alkyl halides is 6. The number of benzene rings is 1. The average molecular weight is 285 g/mol. The molecule has 0 heterocycles. The van der Waals surface area contributed by atoms with Gasteiger partial charge in [-0.2, -0.15) is 26.3 Å². The molecule has 1 aromatic carbocycles. The summed E-state index contributed by atoms with van der Waals surface area (Å²) in [6.45, 7) is 0. The molecule has 0 saturated heterocycles. The summed E-state index contributed by atoms with van der Waals surface area (Å²) in [7, 11) is 0. The molecule has 2 N–H and O–H groups in total. The Morgan fingerprint density at radius 1 is 0.947 bits per heavy atom. The van der Waals surface area contributed by atoms with Gasteiger partial charge in [0.1, 0.15) is 0 Å². The molecule has 19 heavy (non-hydrogen) atoms. The monoisotopic (exact) mass is 285 g/mol. The average Bonchev–Trinajstić information content (AvgIpc) is 2.11. The fraction of sp³-hybridized carbons (Fsp3) is 0.364. The van der Waals surface area contributed by atoms with Gasteiger partial charge in [-0.25, -0.2) is 0 Å². The molecule has 0 radical (unpaired) electrons. The minimum absolute atomic E-state index is 0.554. The van der Waals surface area contributed by atoms with Crippen LogP contribution in [-0.2, 0) is 12.8 Å². The summed E-state index contributed by atoms with van der Waals surface area (Å²) < 4.78 is 73.7. The first-order chi connectivity index (χ1) is 8.49. The molecule has 2 nitrogen and oxygen atoms in total. The number of carbonyl (C=O) groups excluding carboxylic acids is 1. The maximum absolute atomic E-state index is 12.3. The van der Waals surface area contributed by atoms with Crippen molar-refractivity contribution >= 4 is 5.91 Å². The summed E-state index contributed by atoms with van der Waals surface area (Å²) in [6.07, 6.45) is -12.3. The minimum Gasteiger partial charge on any atom is -0.366 e. The van der Waals surface area contributed by atoms with Gasteiger partial charge in [-0.15, -0.1) is 0 Å². The van der Waals surface area contributed by atoms with Crippen LogP contribution in [-0.4, -0.2) is 18.3 Å². The van der Waals surface area contributed by atoms with E-state index in [2.05, 4.69) is 0 Å². The van der Waals surface area contributed by atoms with Crippen LogP contribution in [0.3, 0.4) is 0 Å². The van der Waals surface area contributed by atoms with Crippen LogP contribution in [0.4, 0.5) is 26.3 Å². The second kappa shape index (κ2) is 5.10. The van der Waals surface area contributed by atoms with E-state index in [1.54, 1.807) is 0 Å². The normalized spacial score (nSPS) is 12.5. The van der Waals surface area contributed by atoms with Gasteiger partial charge in [-0.1, -0.05) is 18.2 Å². The molecule has 0 aromatic heterocycles. The fourth-order valence-electron chi connectivity index (χ4n) is 1.70. The lowest BCUT2D eigenvalue weighted by molar-refractivity contribution is -0.127. The SMILES string of the molecule is NC(=O)c1c(CC(F)(F)F)cccc1CC(F)(F)F. The molecule has 0 saturated carbocycles. The van der Waals surface area contributed by atoms with E-state index in [0.29, 0.717) is 0 Å². The minimum atomic E-state index is -4.64. The Morgan fingerprint density at radius 2 is 1.32 bits per heavy atom. The Balaban J connectivity index is 3.26. The van der Waals surface area contributed by atoms with Crippen molar-refractivity contribution in [1.82, 2.24) is 0 Å². The molecule has 0 bridgehead atoms. The lowest BCUT2D eigenvalue weighted by Gasteiger charge is -2.15. The smallest absolute Gasteiger partial charge is 0.366 e. The third-order valence-electron chi connectivity index (χ3n) is 2.27. The van der Waals surface area contributed by atoms with E-state index in [1.807, 2.05) is 0 Å². The second-order valence-electron chi connectivity index (χ2n) is 3.90. The Bertz CT molecular complexity index is 443. The van der Waals surface area contributed by atoms with E-state index >= 15 is 0 Å². The number of amides is 1. The fourth-order valence-corrected chi connectivity index (χ4v) is 1.70. The lowest BCUT2D eigenvalue weighted by atomic mass is 9.96. The summed E-state index contributed by atoms with van der Waals surface area (Å²) in [6, 6.07) is 2.91. The summed E-state index contributed by atoms with van der Waals surface area (Å²) in [5.74, 6) is -1.31. The molecule has 1 rings (SSSR count). The highest BCUT2D eigenvalue weighted by atomic mass is 19.4. The van der Waals surface area contributed by atoms with Crippen LogP contribution in [0.2, 0.25) is 0 Å². The highest BCUT2D eigenvalue weighted by Gasteiger charge is 2.33. The molecular weight excluding hydrogens is 276 g/mol.